The number of ether oxygens (including phenoxy) is 1. The molecule has 0 atom stereocenters. The first-order chi connectivity index (χ1) is 12.2. The molecular formula is C20H35IN4O2. The second kappa shape index (κ2) is 12.9. The number of rotatable bonds is 8. The Bertz CT molecular complexity index is 598. The predicted octanol–water partition coefficient (Wildman–Crippen LogP) is 3.20. The van der Waals surface area contributed by atoms with E-state index in [2.05, 4.69) is 33.1 Å². The molecule has 0 heterocycles. The van der Waals surface area contributed by atoms with Gasteiger partial charge >= 0.3 is 0 Å². The van der Waals surface area contributed by atoms with Crippen molar-refractivity contribution in [2.45, 2.75) is 66.3 Å². The summed E-state index contributed by atoms with van der Waals surface area (Å²) in [6.45, 7) is 14.0. The number of nitrogens with zero attached hydrogens (tertiary/aromatic N) is 1. The monoisotopic (exact) mass is 490 g/mol. The molecular weight excluding hydrogens is 455 g/mol. The number of aliphatic imine (C=N–C) groups is 1. The van der Waals surface area contributed by atoms with Gasteiger partial charge in [-0.1, -0.05) is 24.3 Å². The fraction of sp³-hybridized carbons (Fsp3) is 0.600. The molecule has 7 heteroatoms. The number of halogens is 1. The summed E-state index contributed by atoms with van der Waals surface area (Å²) in [6.07, 6.45) is 0.209. The Hall–Kier alpha value is -1.35. The molecule has 1 rings (SSSR count). The van der Waals surface area contributed by atoms with E-state index in [-0.39, 0.29) is 48.1 Å². The van der Waals surface area contributed by atoms with Crippen LogP contribution in [-0.2, 0) is 22.7 Å². The van der Waals surface area contributed by atoms with E-state index in [0.717, 1.165) is 17.7 Å². The standard InChI is InChI=1S/C20H34N4O2.HI/c1-7-21-19(23-13-18(25)24-20(4,5)6)22-12-16-9-8-10-17(11-16)14-26-15(2)3;/h8-11,15H,7,12-14H2,1-6H3,(H,24,25)(H2,21,22,23);1H. The van der Waals surface area contributed by atoms with Crippen molar-refractivity contribution < 1.29 is 9.53 Å². The van der Waals surface area contributed by atoms with Crippen molar-refractivity contribution in [3.63, 3.8) is 0 Å². The third kappa shape index (κ3) is 12.6. The van der Waals surface area contributed by atoms with Crippen LogP contribution in [0.15, 0.2) is 29.3 Å². The van der Waals surface area contributed by atoms with Gasteiger partial charge < -0.3 is 20.7 Å². The number of carbonyl (C=O) groups is 1. The average molecular weight is 490 g/mol. The highest BCUT2D eigenvalue weighted by molar-refractivity contribution is 14.0. The lowest BCUT2D eigenvalue weighted by atomic mass is 10.1. The molecule has 0 saturated heterocycles. The van der Waals surface area contributed by atoms with E-state index in [1.807, 2.05) is 53.7 Å². The second-order valence-electron chi connectivity index (χ2n) is 7.53. The SMILES string of the molecule is CCNC(=NCc1cccc(COC(C)C)c1)NCC(=O)NC(C)(C)C.I. The maximum Gasteiger partial charge on any atom is 0.239 e. The lowest BCUT2D eigenvalue weighted by molar-refractivity contribution is -0.121. The van der Waals surface area contributed by atoms with Crippen LogP contribution in [0.2, 0.25) is 0 Å². The molecule has 0 fully saturated rings. The summed E-state index contributed by atoms with van der Waals surface area (Å²) in [6, 6.07) is 8.21. The Labute approximate surface area is 181 Å². The van der Waals surface area contributed by atoms with Gasteiger partial charge in [-0.05, 0) is 52.7 Å². The summed E-state index contributed by atoms with van der Waals surface area (Å²) in [5.74, 6) is 0.566. The average Bonchev–Trinajstić information content (AvgIpc) is 2.54. The van der Waals surface area contributed by atoms with Crippen LogP contribution < -0.4 is 16.0 Å². The molecule has 0 radical (unpaired) electrons. The van der Waals surface area contributed by atoms with Gasteiger partial charge in [-0.15, -0.1) is 24.0 Å². The fourth-order valence-electron chi connectivity index (χ4n) is 2.22. The summed E-state index contributed by atoms with van der Waals surface area (Å²) in [7, 11) is 0. The lowest BCUT2D eigenvalue weighted by Gasteiger charge is -2.21. The van der Waals surface area contributed by atoms with E-state index >= 15 is 0 Å². The third-order valence-electron chi connectivity index (χ3n) is 3.27. The maximum absolute atomic E-state index is 11.9. The zero-order valence-corrected chi connectivity index (χ0v) is 19.7. The van der Waals surface area contributed by atoms with Gasteiger partial charge in [0.2, 0.25) is 5.91 Å². The van der Waals surface area contributed by atoms with Crippen molar-refractivity contribution in [2.24, 2.45) is 4.99 Å². The highest BCUT2D eigenvalue weighted by atomic mass is 127. The zero-order chi connectivity index (χ0) is 19.6. The Morgan fingerprint density at radius 2 is 1.85 bits per heavy atom. The number of nitrogens with one attached hydrogen (secondary N) is 3. The smallest absolute Gasteiger partial charge is 0.239 e. The molecule has 1 aromatic carbocycles. The normalized spacial score (nSPS) is 11.7. The van der Waals surface area contributed by atoms with Crippen LogP contribution in [0.25, 0.3) is 0 Å². The minimum absolute atomic E-state index is 0. The van der Waals surface area contributed by atoms with Crippen LogP contribution in [-0.4, -0.2) is 36.6 Å². The van der Waals surface area contributed by atoms with Crippen molar-refractivity contribution in [1.82, 2.24) is 16.0 Å². The van der Waals surface area contributed by atoms with Gasteiger partial charge in [-0.3, -0.25) is 4.79 Å². The van der Waals surface area contributed by atoms with Gasteiger partial charge in [-0.2, -0.15) is 0 Å². The van der Waals surface area contributed by atoms with Crippen LogP contribution >= 0.6 is 24.0 Å². The van der Waals surface area contributed by atoms with Crippen LogP contribution in [0.4, 0.5) is 0 Å². The van der Waals surface area contributed by atoms with E-state index in [1.165, 1.54) is 0 Å². The molecule has 0 aliphatic carbocycles. The summed E-state index contributed by atoms with van der Waals surface area (Å²) in [5.41, 5.74) is 1.99. The largest absolute Gasteiger partial charge is 0.374 e. The minimum Gasteiger partial charge on any atom is -0.374 e. The van der Waals surface area contributed by atoms with Gasteiger partial charge in [0.15, 0.2) is 5.96 Å². The molecule has 1 aromatic rings. The Morgan fingerprint density at radius 1 is 1.19 bits per heavy atom. The molecule has 1 amide bonds. The summed E-state index contributed by atoms with van der Waals surface area (Å²) in [4.78, 5) is 16.5. The maximum atomic E-state index is 11.9. The molecule has 6 nitrogen and oxygen atoms in total. The lowest BCUT2D eigenvalue weighted by Crippen LogP contribution is -2.48. The van der Waals surface area contributed by atoms with Crippen LogP contribution in [0.3, 0.4) is 0 Å². The molecule has 0 spiro atoms. The Kier molecular flexibility index (Phi) is 12.3. The van der Waals surface area contributed by atoms with Crippen LogP contribution in [0, 0.1) is 0 Å². The first-order valence-corrected chi connectivity index (χ1v) is 9.22. The highest BCUT2D eigenvalue weighted by Crippen LogP contribution is 2.09. The zero-order valence-electron chi connectivity index (χ0n) is 17.4. The number of guanidine groups is 1. The Balaban J connectivity index is 0.00000676. The molecule has 27 heavy (non-hydrogen) atoms. The third-order valence-corrected chi connectivity index (χ3v) is 3.27. The van der Waals surface area contributed by atoms with Crippen LogP contribution in [0.1, 0.15) is 52.7 Å². The summed E-state index contributed by atoms with van der Waals surface area (Å²) in [5, 5.41) is 9.15. The molecule has 0 bridgehead atoms. The second-order valence-corrected chi connectivity index (χ2v) is 7.53. The van der Waals surface area contributed by atoms with Crippen molar-refractivity contribution in [2.75, 3.05) is 13.1 Å². The van der Waals surface area contributed by atoms with Crippen molar-refractivity contribution >= 4 is 35.8 Å². The van der Waals surface area contributed by atoms with Gasteiger partial charge in [0.25, 0.3) is 0 Å². The number of hydrogen-bond donors (Lipinski definition) is 3. The van der Waals surface area contributed by atoms with Gasteiger partial charge in [0.1, 0.15) is 0 Å². The topological polar surface area (TPSA) is 74.8 Å². The number of carbonyl (C=O) groups excluding carboxylic acids is 1. The molecule has 0 aliphatic rings. The van der Waals surface area contributed by atoms with E-state index < -0.39 is 0 Å². The van der Waals surface area contributed by atoms with Crippen LogP contribution in [0.5, 0.6) is 0 Å². The van der Waals surface area contributed by atoms with Gasteiger partial charge in [0, 0.05) is 12.1 Å². The van der Waals surface area contributed by atoms with Crippen molar-refractivity contribution in [1.29, 1.82) is 0 Å². The summed E-state index contributed by atoms with van der Waals surface area (Å²) < 4.78 is 5.65. The number of amides is 1. The number of hydrogen-bond acceptors (Lipinski definition) is 3. The van der Waals surface area contributed by atoms with Crippen molar-refractivity contribution in [3.05, 3.63) is 35.4 Å². The molecule has 0 aliphatic heterocycles. The van der Waals surface area contributed by atoms with Crippen molar-refractivity contribution in [3.8, 4) is 0 Å². The molecule has 154 valence electrons. The molecule has 3 N–H and O–H groups in total. The minimum atomic E-state index is -0.243. The van der Waals surface area contributed by atoms with Gasteiger partial charge in [0.05, 0.1) is 25.8 Å². The molecule has 0 unspecified atom stereocenters. The van der Waals surface area contributed by atoms with E-state index in [0.29, 0.717) is 19.1 Å². The van der Waals surface area contributed by atoms with E-state index in [9.17, 15) is 4.79 Å². The molecule has 0 saturated carbocycles. The summed E-state index contributed by atoms with van der Waals surface area (Å²) >= 11 is 0. The van der Waals surface area contributed by atoms with E-state index in [4.69, 9.17) is 4.74 Å². The van der Waals surface area contributed by atoms with Gasteiger partial charge in [-0.25, -0.2) is 4.99 Å². The quantitative estimate of drug-likeness (QED) is 0.297. The highest BCUT2D eigenvalue weighted by Gasteiger charge is 2.13. The number of benzene rings is 1. The first-order valence-electron chi connectivity index (χ1n) is 9.22. The first kappa shape index (κ1) is 25.6. The Morgan fingerprint density at radius 3 is 2.44 bits per heavy atom. The predicted molar refractivity (Wildman–Crippen MR) is 122 cm³/mol. The molecule has 0 aromatic heterocycles. The fourth-order valence-corrected chi connectivity index (χ4v) is 2.22. The van der Waals surface area contributed by atoms with E-state index in [1.54, 1.807) is 0 Å².